The molecule has 0 radical (unpaired) electrons. The lowest BCUT2D eigenvalue weighted by Gasteiger charge is -2.21. The number of hydrogen-bond donors (Lipinski definition) is 0. The third-order valence-electron chi connectivity index (χ3n) is 6.96. The Bertz CT molecular complexity index is 278. The first-order chi connectivity index (χ1) is 13.4. The zero-order valence-corrected chi connectivity index (χ0v) is 19.3. The van der Waals surface area contributed by atoms with Crippen molar-refractivity contribution in [1.82, 2.24) is 4.90 Å². The first-order valence-electron chi connectivity index (χ1n) is 13.1. The van der Waals surface area contributed by atoms with Crippen LogP contribution in [0.4, 0.5) is 0 Å². The standard InChI is InChI=1S/C26H53N/c1-3-27(4-2)25-21-16-14-12-10-8-6-5-7-9-11-13-15-18-22-26-23-19-17-20-24-26/h26H,3-25H2,1-2H3. The molecule has 1 heteroatoms. The van der Waals surface area contributed by atoms with E-state index in [1.165, 1.54) is 148 Å². The van der Waals surface area contributed by atoms with Gasteiger partial charge in [-0.2, -0.15) is 0 Å². The van der Waals surface area contributed by atoms with Crippen LogP contribution in [0.1, 0.15) is 142 Å². The van der Waals surface area contributed by atoms with Crippen LogP contribution in [-0.2, 0) is 0 Å². The van der Waals surface area contributed by atoms with Gasteiger partial charge in [0.2, 0.25) is 0 Å². The summed E-state index contributed by atoms with van der Waals surface area (Å²) in [6.07, 6.45) is 29.9. The summed E-state index contributed by atoms with van der Waals surface area (Å²) in [7, 11) is 0. The Labute approximate surface area is 173 Å². The molecular formula is C26H53N. The van der Waals surface area contributed by atoms with Crippen molar-refractivity contribution in [1.29, 1.82) is 0 Å². The summed E-state index contributed by atoms with van der Waals surface area (Å²) >= 11 is 0. The molecule has 0 aromatic carbocycles. The van der Waals surface area contributed by atoms with Gasteiger partial charge in [-0.3, -0.25) is 0 Å². The predicted molar refractivity (Wildman–Crippen MR) is 124 cm³/mol. The molecule has 1 aliphatic rings. The average Bonchev–Trinajstić information content (AvgIpc) is 2.71. The highest BCUT2D eigenvalue weighted by Gasteiger charge is 2.12. The minimum atomic E-state index is 1.10. The Morgan fingerprint density at radius 2 is 0.926 bits per heavy atom. The van der Waals surface area contributed by atoms with Crippen LogP contribution >= 0.6 is 0 Å². The molecular weight excluding hydrogens is 326 g/mol. The fourth-order valence-corrected chi connectivity index (χ4v) is 4.91. The molecule has 27 heavy (non-hydrogen) atoms. The highest BCUT2D eigenvalue weighted by Crippen LogP contribution is 2.28. The van der Waals surface area contributed by atoms with E-state index in [-0.39, 0.29) is 0 Å². The molecule has 0 aromatic heterocycles. The first kappa shape index (κ1) is 25.0. The second-order valence-electron chi connectivity index (χ2n) is 9.27. The normalized spacial score (nSPS) is 15.7. The molecule has 0 N–H and O–H groups in total. The van der Waals surface area contributed by atoms with E-state index in [0.29, 0.717) is 0 Å². The summed E-state index contributed by atoms with van der Waals surface area (Å²) in [6, 6.07) is 0. The molecule has 1 rings (SSSR count). The molecule has 162 valence electrons. The molecule has 0 bridgehead atoms. The van der Waals surface area contributed by atoms with Crippen molar-refractivity contribution >= 4 is 0 Å². The maximum absolute atomic E-state index is 2.55. The molecule has 1 aliphatic carbocycles. The van der Waals surface area contributed by atoms with Gasteiger partial charge in [-0.1, -0.05) is 136 Å². The third kappa shape index (κ3) is 15.5. The molecule has 0 heterocycles. The predicted octanol–water partition coefficient (Wildman–Crippen LogP) is 8.76. The quantitative estimate of drug-likeness (QED) is 0.203. The van der Waals surface area contributed by atoms with Crippen molar-refractivity contribution < 1.29 is 0 Å². The van der Waals surface area contributed by atoms with Crippen LogP contribution in [0.25, 0.3) is 0 Å². The van der Waals surface area contributed by atoms with E-state index in [2.05, 4.69) is 18.7 Å². The molecule has 1 saturated carbocycles. The Hall–Kier alpha value is -0.0400. The Kier molecular flexibility index (Phi) is 17.9. The molecule has 0 saturated heterocycles. The van der Waals surface area contributed by atoms with Gasteiger partial charge in [0.1, 0.15) is 0 Å². The van der Waals surface area contributed by atoms with Gasteiger partial charge in [-0.05, 0) is 32.0 Å². The Morgan fingerprint density at radius 1 is 0.519 bits per heavy atom. The number of nitrogens with zero attached hydrogens (tertiary/aromatic N) is 1. The van der Waals surface area contributed by atoms with Crippen LogP contribution in [0.2, 0.25) is 0 Å². The second-order valence-corrected chi connectivity index (χ2v) is 9.27. The summed E-state index contributed by atoms with van der Waals surface area (Å²) < 4.78 is 0. The van der Waals surface area contributed by atoms with Crippen LogP contribution in [0, 0.1) is 5.92 Å². The molecule has 0 aliphatic heterocycles. The highest BCUT2D eigenvalue weighted by atomic mass is 15.1. The molecule has 1 nitrogen and oxygen atoms in total. The Balaban J connectivity index is 1.68. The molecule has 0 spiro atoms. The van der Waals surface area contributed by atoms with Gasteiger partial charge in [0, 0.05) is 0 Å². The smallest absolute Gasteiger partial charge is 0.00190 e. The minimum absolute atomic E-state index is 1.10. The lowest BCUT2D eigenvalue weighted by Crippen LogP contribution is -2.23. The van der Waals surface area contributed by atoms with Gasteiger partial charge in [0.25, 0.3) is 0 Å². The van der Waals surface area contributed by atoms with E-state index in [1.54, 1.807) is 0 Å². The number of hydrogen-bond acceptors (Lipinski definition) is 1. The van der Waals surface area contributed by atoms with Gasteiger partial charge >= 0.3 is 0 Å². The minimum Gasteiger partial charge on any atom is -0.304 e. The van der Waals surface area contributed by atoms with Crippen LogP contribution < -0.4 is 0 Å². The van der Waals surface area contributed by atoms with Gasteiger partial charge in [-0.15, -0.1) is 0 Å². The second kappa shape index (κ2) is 19.3. The van der Waals surface area contributed by atoms with E-state index >= 15 is 0 Å². The highest BCUT2D eigenvalue weighted by molar-refractivity contribution is 4.65. The molecule has 0 atom stereocenters. The van der Waals surface area contributed by atoms with Gasteiger partial charge in [0.05, 0.1) is 0 Å². The largest absolute Gasteiger partial charge is 0.304 e. The fourth-order valence-electron chi connectivity index (χ4n) is 4.91. The van der Waals surface area contributed by atoms with E-state index in [1.807, 2.05) is 0 Å². The van der Waals surface area contributed by atoms with E-state index in [4.69, 9.17) is 0 Å². The van der Waals surface area contributed by atoms with E-state index in [9.17, 15) is 0 Å². The van der Waals surface area contributed by atoms with Crippen molar-refractivity contribution in [2.75, 3.05) is 19.6 Å². The van der Waals surface area contributed by atoms with Crippen molar-refractivity contribution in [3.05, 3.63) is 0 Å². The topological polar surface area (TPSA) is 3.24 Å². The Morgan fingerprint density at radius 3 is 1.37 bits per heavy atom. The van der Waals surface area contributed by atoms with E-state index < -0.39 is 0 Å². The summed E-state index contributed by atoms with van der Waals surface area (Å²) in [4.78, 5) is 2.55. The van der Waals surface area contributed by atoms with Crippen LogP contribution in [0.15, 0.2) is 0 Å². The van der Waals surface area contributed by atoms with Gasteiger partial charge in [-0.25, -0.2) is 0 Å². The van der Waals surface area contributed by atoms with Crippen molar-refractivity contribution in [2.24, 2.45) is 5.92 Å². The molecule has 0 aromatic rings. The van der Waals surface area contributed by atoms with Crippen LogP contribution in [0.3, 0.4) is 0 Å². The third-order valence-corrected chi connectivity index (χ3v) is 6.96. The average molecular weight is 380 g/mol. The monoisotopic (exact) mass is 379 g/mol. The maximum atomic E-state index is 2.55. The lowest BCUT2D eigenvalue weighted by atomic mass is 9.85. The first-order valence-corrected chi connectivity index (χ1v) is 13.1. The summed E-state index contributed by atoms with van der Waals surface area (Å²) in [5.41, 5.74) is 0. The summed E-state index contributed by atoms with van der Waals surface area (Å²) in [5.74, 6) is 1.10. The molecule has 0 amide bonds. The molecule has 1 fully saturated rings. The van der Waals surface area contributed by atoms with Crippen molar-refractivity contribution in [2.45, 2.75) is 142 Å². The lowest BCUT2D eigenvalue weighted by molar-refractivity contribution is 0.295. The van der Waals surface area contributed by atoms with Gasteiger partial charge < -0.3 is 4.90 Å². The fraction of sp³-hybridized carbons (Fsp3) is 1.00. The van der Waals surface area contributed by atoms with Crippen molar-refractivity contribution in [3.63, 3.8) is 0 Å². The molecule has 0 unspecified atom stereocenters. The van der Waals surface area contributed by atoms with Gasteiger partial charge in [0.15, 0.2) is 0 Å². The summed E-state index contributed by atoms with van der Waals surface area (Å²) in [5, 5.41) is 0. The summed E-state index contributed by atoms with van der Waals surface area (Å²) in [6.45, 7) is 8.31. The van der Waals surface area contributed by atoms with Crippen LogP contribution in [-0.4, -0.2) is 24.5 Å². The van der Waals surface area contributed by atoms with Crippen molar-refractivity contribution in [3.8, 4) is 0 Å². The zero-order chi connectivity index (χ0) is 19.4. The number of unbranched alkanes of at least 4 members (excludes halogenated alkanes) is 13. The number of rotatable bonds is 19. The zero-order valence-electron chi connectivity index (χ0n) is 19.3. The SMILES string of the molecule is CCN(CC)CCCCCCCCCCCCCCCCC1CCCCC1. The van der Waals surface area contributed by atoms with E-state index in [0.717, 1.165) is 5.92 Å². The maximum Gasteiger partial charge on any atom is -0.00190 e. The van der Waals surface area contributed by atoms with Crippen LogP contribution in [0.5, 0.6) is 0 Å².